The van der Waals surface area contributed by atoms with Crippen LogP contribution >= 0.6 is 0 Å². The Bertz CT molecular complexity index is 673. The number of carbonyl (C=O) groups is 1. The Morgan fingerprint density at radius 1 is 1.38 bits per heavy atom. The number of ether oxygens (including phenoxy) is 1. The molecule has 2 aliphatic heterocycles. The van der Waals surface area contributed by atoms with Gasteiger partial charge in [0.25, 0.3) is 0 Å². The number of piperidine rings is 1. The molecular weight excluding hydrogens is 331 g/mol. The molecule has 1 spiro atoms. The predicted molar refractivity (Wildman–Crippen MR) is 96.8 cm³/mol. The van der Waals surface area contributed by atoms with Crippen molar-refractivity contribution < 1.29 is 13.9 Å². The molecule has 3 rings (SSSR count). The lowest BCUT2D eigenvalue weighted by Crippen LogP contribution is -2.61. The Kier molecular flexibility index (Phi) is 5.93. The minimum Gasteiger partial charge on any atom is -0.372 e. The van der Waals surface area contributed by atoms with Crippen molar-refractivity contribution in [3.05, 3.63) is 35.6 Å². The van der Waals surface area contributed by atoms with Gasteiger partial charge in [0, 0.05) is 19.1 Å². The van der Waals surface area contributed by atoms with Crippen LogP contribution in [0.2, 0.25) is 0 Å². The van der Waals surface area contributed by atoms with Gasteiger partial charge in [-0.15, -0.1) is 0 Å². The zero-order chi connectivity index (χ0) is 18.6. The lowest BCUT2D eigenvalue weighted by Gasteiger charge is -2.48. The fraction of sp³-hybridized carbons (Fsp3) is 0.619. The largest absolute Gasteiger partial charge is 0.372 e. The van der Waals surface area contributed by atoms with Crippen molar-refractivity contribution >= 4 is 5.91 Å². The van der Waals surface area contributed by atoms with E-state index in [2.05, 4.69) is 6.07 Å². The lowest BCUT2D eigenvalue weighted by atomic mass is 9.79. The number of benzene rings is 1. The fourth-order valence-electron chi connectivity index (χ4n) is 4.29. The van der Waals surface area contributed by atoms with Gasteiger partial charge < -0.3 is 9.64 Å². The van der Waals surface area contributed by atoms with Crippen molar-refractivity contribution in [1.29, 1.82) is 5.26 Å². The molecule has 0 aliphatic carbocycles. The molecule has 0 radical (unpaired) electrons. The van der Waals surface area contributed by atoms with Gasteiger partial charge in [-0.1, -0.05) is 25.1 Å². The van der Waals surface area contributed by atoms with Gasteiger partial charge in [0.1, 0.15) is 17.5 Å². The summed E-state index contributed by atoms with van der Waals surface area (Å²) in [6.07, 6.45) is 5.71. The van der Waals surface area contributed by atoms with E-state index in [9.17, 15) is 14.4 Å². The zero-order valence-electron chi connectivity index (χ0n) is 15.4. The quantitative estimate of drug-likeness (QED) is 0.821. The second-order valence-corrected chi connectivity index (χ2v) is 7.57. The predicted octanol–water partition coefficient (Wildman–Crippen LogP) is 3.85. The summed E-state index contributed by atoms with van der Waals surface area (Å²) in [7, 11) is 0. The molecule has 0 aromatic heterocycles. The van der Waals surface area contributed by atoms with Crippen molar-refractivity contribution in [3.8, 4) is 6.07 Å². The maximum absolute atomic E-state index is 13.8. The molecule has 4 nitrogen and oxygen atoms in total. The second-order valence-electron chi connectivity index (χ2n) is 7.57. The third-order valence-corrected chi connectivity index (χ3v) is 5.82. The van der Waals surface area contributed by atoms with Crippen molar-refractivity contribution in [2.75, 3.05) is 13.2 Å². The number of likely N-dealkylation sites (tertiary alicyclic amines) is 1. The summed E-state index contributed by atoms with van der Waals surface area (Å²) < 4.78 is 19.8. The molecule has 140 valence electrons. The summed E-state index contributed by atoms with van der Waals surface area (Å²) >= 11 is 0. The maximum atomic E-state index is 13.8. The SMILES string of the molecule is CC(CCc1ccccc1F)C(=O)N1CCCC2(CCCCO2)C1C#N. The first-order valence-electron chi connectivity index (χ1n) is 9.65. The molecule has 2 saturated heterocycles. The van der Waals surface area contributed by atoms with E-state index in [4.69, 9.17) is 4.74 Å². The molecule has 2 fully saturated rings. The average Bonchev–Trinajstić information content (AvgIpc) is 2.67. The number of nitrogens with zero attached hydrogens (tertiary/aromatic N) is 2. The van der Waals surface area contributed by atoms with Crippen molar-refractivity contribution in [2.24, 2.45) is 5.92 Å². The van der Waals surface area contributed by atoms with E-state index in [1.807, 2.05) is 13.0 Å². The molecule has 0 saturated carbocycles. The molecule has 1 amide bonds. The molecule has 0 N–H and O–H groups in total. The number of hydrogen-bond donors (Lipinski definition) is 0. The van der Waals surface area contributed by atoms with Gasteiger partial charge in [0.05, 0.1) is 6.07 Å². The summed E-state index contributed by atoms with van der Waals surface area (Å²) in [5.74, 6) is -0.486. The Balaban J connectivity index is 1.67. The number of carbonyl (C=O) groups excluding carboxylic acids is 1. The molecule has 2 aliphatic rings. The Morgan fingerprint density at radius 2 is 2.15 bits per heavy atom. The zero-order valence-corrected chi connectivity index (χ0v) is 15.4. The second kappa shape index (κ2) is 8.18. The minimum atomic E-state index is -0.514. The third-order valence-electron chi connectivity index (χ3n) is 5.82. The van der Waals surface area contributed by atoms with Crippen LogP contribution < -0.4 is 0 Å². The Hall–Kier alpha value is -1.93. The summed E-state index contributed by atoms with van der Waals surface area (Å²) in [6.45, 7) is 3.15. The van der Waals surface area contributed by atoms with Crippen LogP contribution in [0.5, 0.6) is 0 Å². The highest BCUT2D eigenvalue weighted by Gasteiger charge is 2.48. The Labute approximate surface area is 154 Å². The van der Waals surface area contributed by atoms with Crippen LogP contribution in [0.1, 0.15) is 51.0 Å². The molecule has 5 heteroatoms. The molecule has 2 heterocycles. The molecular formula is C21H27FN2O2. The van der Waals surface area contributed by atoms with E-state index in [0.29, 0.717) is 31.6 Å². The summed E-state index contributed by atoms with van der Waals surface area (Å²) in [5, 5.41) is 9.78. The summed E-state index contributed by atoms with van der Waals surface area (Å²) in [4.78, 5) is 14.7. The first kappa shape index (κ1) is 18.8. The number of nitriles is 1. The topological polar surface area (TPSA) is 53.3 Å². The highest BCUT2D eigenvalue weighted by molar-refractivity contribution is 5.79. The van der Waals surface area contributed by atoms with E-state index in [-0.39, 0.29) is 17.6 Å². The van der Waals surface area contributed by atoms with Gasteiger partial charge in [-0.2, -0.15) is 5.26 Å². The van der Waals surface area contributed by atoms with Gasteiger partial charge in [-0.3, -0.25) is 4.79 Å². The van der Waals surface area contributed by atoms with Crippen LogP contribution in [0.3, 0.4) is 0 Å². The van der Waals surface area contributed by atoms with Crippen LogP contribution in [0.15, 0.2) is 24.3 Å². The third kappa shape index (κ3) is 3.76. The normalized spacial score (nSPS) is 27.1. The fourth-order valence-corrected chi connectivity index (χ4v) is 4.29. The maximum Gasteiger partial charge on any atom is 0.226 e. The summed E-state index contributed by atoms with van der Waals surface area (Å²) in [5.41, 5.74) is 0.140. The van der Waals surface area contributed by atoms with Crippen LogP contribution in [-0.2, 0) is 16.0 Å². The van der Waals surface area contributed by atoms with Crippen LogP contribution in [0.25, 0.3) is 0 Å². The number of amides is 1. The molecule has 1 aromatic rings. The molecule has 26 heavy (non-hydrogen) atoms. The van der Waals surface area contributed by atoms with E-state index >= 15 is 0 Å². The standard InChI is InChI=1S/C21H27FN2O2/c1-16(9-10-17-7-2-3-8-18(17)22)20(25)24-13-6-12-21(19(24)15-23)11-4-5-14-26-21/h2-3,7-8,16,19H,4-6,9-14H2,1H3. The molecule has 1 aromatic carbocycles. The minimum absolute atomic E-state index is 0.0128. The first-order valence-corrected chi connectivity index (χ1v) is 9.65. The first-order chi connectivity index (χ1) is 12.6. The molecule has 3 unspecified atom stereocenters. The monoisotopic (exact) mass is 358 g/mol. The number of hydrogen-bond acceptors (Lipinski definition) is 3. The lowest BCUT2D eigenvalue weighted by molar-refractivity contribution is -0.162. The van der Waals surface area contributed by atoms with Gasteiger partial charge in [0.15, 0.2) is 0 Å². The van der Waals surface area contributed by atoms with Crippen LogP contribution in [0, 0.1) is 23.1 Å². The van der Waals surface area contributed by atoms with Crippen LogP contribution in [-0.4, -0.2) is 35.6 Å². The van der Waals surface area contributed by atoms with Gasteiger partial charge in [-0.25, -0.2) is 4.39 Å². The van der Waals surface area contributed by atoms with E-state index in [0.717, 1.165) is 32.1 Å². The summed E-state index contributed by atoms with van der Waals surface area (Å²) in [6, 6.07) is 8.53. The smallest absolute Gasteiger partial charge is 0.226 e. The molecule has 0 bridgehead atoms. The highest BCUT2D eigenvalue weighted by atomic mass is 19.1. The number of halogens is 1. The van der Waals surface area contributed by atoms with Crippen molar-refractivity contribution in [3.63, 3.8) is 0 Å². The Morgan fingerprint density at radius 3 is 2.85 bits per heavy atom. The van der Waals surface area contributed by atoms with E-state index in [1.165, 1.54) is 6.07 Å². The van der Waals surface area contributed by atoms with Crippen molar-refractivity contribution in [2.45, 2.75) is 63.5 Å². The van der Waals surface area contributed by atoms with Gasteiger partial charge in [-0.05, 0) is 56.6 Å². The van der Waals surface area contributed by atoms with Gasteiger partial charge in [0.2, 0.25) is 5.91 Å². The molecule has 3 atom stereocenters. The van der Waals surface area contributed by atoms with Crippen molar-refractivity contribution in [1.82, 2.24) is 4.90 Å². The number of rotatable bonds is 4. The highest BCUT2D eigenvalue weighted by Crippen LogP contribution is 2.39. The van der Waals surface area contributed by atoms with Crippen LogP contribution in [0.4, 0.5) is 4.39 Å². The van der Waals surface area contributed by atoms with E-state index in [1.54, 1.807) is 17.0 Å². The van der Waals surface area contributed by atoms with Gasteiger partial charge >= 0.3 is 0 Å². The van der Waals surface area contributed by atoms with E-state index < -0.39 is 11.6 Å². The average molecular weight is 358 g/mol. The number of aryl methyl sites for hydroxylation is 1.